The fourth-order valence-corrected chi connectivity index (χ4v) is 0.377. The summed E-state index contributed by atoms with van der Waals surface area (Å²) in [6.45, 7) is 0. The summed E-state index contributed by atoms with van der Waals surface area (Å²) in [5.74, 6) is 0.584. The molecule has 0 fully saturated rings. The Morgan fingerprint density at radius 3 is 2.88 bits per heavy atom. The van der Waals surface area contributed by atoms with Gasteiger partial charge in [-0.3, -0.25) is 5.10 Å². The lowest BCUT2D eigenvalue weighted by molar-refractivity contribution is 1.07. The minimum Gasteiger partial charge on any atom is -0.384 e. The van der Waals surface area contributed by atoms with E-state index in [0.29, 0.717) is 5.82 Å². The van der Waals surface area contributed by atoms with Crippen molar-refractivity contribution in [1.82, 2.24) is 15.7 Å². The minimum atomic E-state index is 0.197. The topological polar surface area (TPSA) is 89.4 Å². The lowest BCUT2D eigenvalue weighted by atomic mass is 10.6. The predicted molar refractivity (Wildman–Crippen MR) is 27.2 cm³/mol. The standard InChI is InChI=1S/C3H4N5/c4-2-1-3(6-5)8-7-2/h1H,(H3,4,7,8). The molecular formula is C3H4N5. The second-order valence-electron chi connectivity index (χ2n) is 1.28. The predicted octanol–water partition coefficient (Wildman–Crippen LogP) is -0.124. The summed E-state index contributed by atoms with van der Waals surface area (Å²) in [6, 6.07) is 1.42. The first kappa shape index (κ1) is 4.76. The quantitative estimate of drug-likeness (QED) is 0.493. The van der Waals surface area contributed by atoms with Gasteiger partial charge in [-0.25, -0.2) is 0 Å². The lowest BCUT2D eigenvalue weighted by Crippen LogP contribution is -1.81. The highest BCUT2D eigenvalue weighted by Gasteiger charge is 1.91. The van der Waals surface area contributed by atoms with Crippen LogP contribution in [0.4, 0.5) is 11.6 Å². The van der Waals surface area contributed by atoms with Gasteiger partial charge in [-0.1, -0.05) is 0 Å². The Hall–Kier alpha value is -1.39. The van der Waals surface area contributed by atoms with Crippen LogP contribution in [0.2, 0.25) is 0 Å². The molecule has 1 radical (unpaired) electrons. The maximum atomic E-state index is 8.04. The number of aromatic amines is 1. The number of nitrogens with two attached hydrogens (primary N) is 1. The van der Waals surface area contributed by atoms with Crippen molar-refractivity contribution < 1.29 is 0 Å². The Morgan fingerprint density at radius 2 is 2.62 bits per heavy atom. The van der Waals surface area contributed by atoms with E-state index in [1.807, 2.05) is 0 Å². The van der Waals surface area contributed by atoms with Gasteiger partial charge in [0.15, 0.2) is 5.82 Å². The van der Waals surface area contributed by atoms with Gasteiger partial charge in [0.1, 0.15) is 5.82 Å². The average Bonchev–Trinajstić information content (AvgIpc) is 2.14. The van der Waals surface area contributed by atoms with Crippen LogP contribution in [0.3, 0.4) is 0 Å². The van der Waals surface area contributed by atoms with Crippen molar-refractivity contribution in [1.29, 1.82) is 0 Å². The van der Waals surface area contributed by atoms with E-state index in [4.69, 9.17) is 11.3 Å². The van der Waals surface area contributed by atoms with E-state index in [2.05, 4.69) is 15.3 Å². The monoisotopic (exact) mass is 110 g/mol. The molecule has 0 aliphatic carbocycles. The summed E-state index contributed by atoms with van der Waals surface area (Å²) in [6.07, 6.45) is 0. The van der Waals surface area contributed by atoms with Crippen LogP contribution in [0.5, 0.6) is 0 Å². The first-order valence-corrected chi connectivity index (χ1v) is 1.99. The normalized spacial score (nSPS) is 9.00. The van der Waals surface area contributed by atoms with E-state index in [1.165, 1.54) is 6.07 Å². The number of nitrogen functional groups attached to an aromatic ring is 1. The molecule has 1 rings (SSSR count). The van der Waals surface area contributed by atoms with Crippen molar-refractivity contribution in [3.63, 3.8) is 0 Å². The molecule has 0 amide bonds. The molecular weight excluding hydrogens is 106 g/mol. The molecule has 5 heteroatoms. The molecule has 0 saturated heterocycles. The zero-order valence-electron chi connectivity index (χ0n) is 4.00. The number of nitrogens with one attached hydrogen (secondary N) is 1. The van der Waals surface area contributed by atoms with Gasteiger partial charge in [0.2, 0.25) is 0 Å². The van der Waals surface area contributed by atoms with Gasteiger partial charge in [0.05, 0.1) is 0 Å². The maximum absolute atomic E-state index is 8.04. The third-order valence-electron chi connectivity index (χ3n) is 0.687. The zero-order valence-corrected chi connectivity index (χ0v) is 4.00. The van der Waals surface area contributed by atoms with E-state index < -0.39 is 0 Å². The van der Waals surface area contributed by atoms with Crippen molar-refractivity contribution in [3.05, 3.63) is 6.07 Å². The molecule has 0 aliphatic heterocycles. The SMILES string of the molecule is [N]=Nc1cc(N)[nH]n1. The van der Waals surface area contributed by atoms with Gasteiger partial charge < -0.3 is 5.73 Å². The molecule has 0 spiro atoms. The molecule has 41 valence electrons. The number of H-pyrrole nitrogens is 1. The highest BCUT2D eigenvalue weighted by molar-refractivity contribution is 5.38. The van der Waals surface area contributed by atoms with E-state index in [1.54, 1.807) is 0 Å². The number of rotatable bonds is 1. The number of nitrogens with zero attached hydrogens (tertiary/aromatic N) is 3. The van der Waals surface area contributed by atoms with Crippen LogP contribution >= 0.6 is 0 Å². The van der Waals surface area contributed by atoms with Crippen LogP contribution < -0.4 is 11.3 Å². The highest BCUT2D eigenvalue weighted by atomic mass is 15.2. The number of aromatic nitrogens is 2. The van der Waals surface area contributed by atoms with Gasteiger partial charge >= 0.3 is 0 Å². The molecule has 0 unspecified atom stereocenters. The van der Waals surface area contributed by atoms with Crippen LogP contribution in [0.25, 0.3) is 0 Å². The average molecular weight is 110 g/mol. The van der Waals surface area contributed by atoms with Gasteiger partial charge in [-0.05, 0) is 5.53 Å². The Bertz CT molecular complexity index is 189. The fourth-order valence-electron chi connectivity index (χ4n) is 0.377. The van der Waals surface area contributed by atoms with Crippen LogP contribution in [-0.2, 0) is 0 Å². The Morgan fingerprint density at radius 1 is 1.88 bits per heavy atom. The number of hydrogen-bond donors (Lipinski definition) is 2. The largest absolute Gasteiger partial charge is 0.384 e. The van der Waals surface area contributed by atoms with Crippen molar-refractivity contribution in [2.24, 2.45) is 5.11 Å². The Balaban J connectivity index is 3.00. The van der Waals surface area contributed by atoms with E-state index >= 15 is 0 Å². The van der Waals surface area contributed by atoms with E-state index in [0.717, 1.165) is 0 Å². The van der Waals surface area contributed by atoms with Gasteiger partial charge in [-0.2, -0.15) is 5.10 Å². The molecule has 0 aromatic carbocycles. The van der Waals surface area contributed by atoms with Crippen LogP contribution in [-0.4, -0.2) is 10.2 Å². The van der Waals surface area contributed by atoms with Gasteiger partial charge in [0.25, 0.3) is 0 Å². The molecule has 0 atom stereocenters. The molecule has 1 aromatic heterocycles. The molecule has 5 nitrogen and oxygen atoms in total. The second-order valence-corrected chi connectivity index (χ2v) is 1.28. The fraction of sp³-hybridized carbons (Fsp3) is 0. The van der Waals surface area contributed by atoms with Crippen LogP contribution in [0, 0.1) is 0 Å². The smallest absolute Gasteiger partial charge is 0.199 e. The summed E-state index contributed by atoms with van der Waals surface area (Å²) in [4.78, 5) is 0. The maximum Gasteiger partial charge on any atom is 0.199 e. The second kappa shape index (κ2) is 1.61. The Labute approximate surface area is 45.4 Å². The Kier molecular flexibility index (Phi) is 0.957. The highest BCUT2D eigenvalue weighted by Crippen LogP contribution is 2.07. The number of anilines is 1. The first-order valence-electron chi connectivity index (χ1n) is 1.99. The van der Waals surface area contributed by atoms with Crippen molar-refractivity contribution in [2.75, 3.05) is 5.73 Å². The molecule has 0 saturated carbocycles. The molecule has 1 aromatic rings. The summed E-state index contributed by atoms with van der Waals surface area (Å²) in [7, 11) is 0. The summed E-state index contributed by atoms with van der Waals surface area (Å²) in [5, 5.41) is 8.63. The van der Waals surface area contributed by atoms with E-state index in [9.17, 15) is 0 Å². The summed E-state index contributed by atoms with van der Waals surface area (Å²) < 4.78 is 0. The van der Waals surface area contributed by atoms with Crippen LogP contribution in [0.1, 0.15) is 0 Å². The molecule has 0 aliphatic rings. The first-order chi connectivity index (χ1) is 3.83. The summed E-state index contributed by atoms with van der Waals surface area (Å²) >= 11 is 0. The number of hydrogen-bond acceptors (Lipinski definition) is 3. The molecule has 1 heterocycles. The molecule has 8 heavy (non-hydrogen) atoms. The third-order valence-corrected chi connectivity index (χ3v) is 0.687. The van der Waals surface area contributed by atoms with E-state index in [-0.39, 0.29) is 5.82 Å². The summed E-state index contributed by atoms with van der Waals surface area (Å²) in [5.41, 5.74) is 13.2. The van der Waals surface area contributed by atoms with Gasteiger partial charge in [-0.15, -0.1) is 5.11 Å². The molecule has 0 bridgehead atoms. The van der Waals surface area contributed by atoms with Crippen molar-refractivity contribution >= 4 is 11.6 Å². The van der Waals surface area contributed by atoms with Crippen LogP contribution in [0.15, 0.2) is 11.2 Å². The zero-order chi connectivity index (χ0) is 5.98. The minimum absolute atomic E-state index is 0.197. The van der Waals surface area contributed by atoms with Crippen molar-refractivity contribution in [2.45, 2.75) is 0 Å². The lowest BCUT2D eigenvalue weighted by Gasteiger charge is -1.70. The molecule has 3 N–H and O–H groups in total. The third kappa shape index (κ3) is 0.651. The van der Waals surface area contributed by atoms with Gasteiger partial charge in [0, 0.05) is 6.07 Å². The van der Waals surface area contributed by atoms with Crippen molar-refractivity contribution in [3.8, 4) is 0 Å².